The molecule has 1 aromatic carbocycles. The highest BCUT2D eigenvalue weighted by molar-refractivity contribution is 5.99. The maximum Gasteiger partial charge on any atom is 0.155 e. The van der Waals surface area contributed by atoms with Crippen molar-refractivity contribution in [1.29, 1.82) is 0 Å². The molecule has 0 aliphatic heterocycles. The van der Waals surface area contributed by atoms with Crippen molar-refractivity contribution in [1.82, 2.24) is 30.1 Å². The molecule has 0 spiro atoms. The van der Waals surface area contributed by atoms with E-state index in [4.69, 9.17) is 4.74 Å². The van der Waals surface area contributed by atoms with Crippen LogP contribution in [0.2, 0.25) is 0 Å². The van der Waals surface area contributed by atoms with Crippen LogP contribution >= 0.6 is 0 Å². The van der Waals surface area contributed by atoms with Gasteiger partial charge in [0.2, 0.25) is 0 Å². The molecule has 0 unspecified atom stereocenters. The van der Waals surface area contributed by atoms with E-state index in [2.05, 4.69) is 30.1 Å². The van der Waals surface area contributed by atoms with Gasteiger partial charge in [-0.3, -0.25) is 15.1 Å². The monoisotopic (exact) mass is 436 g/mol. The molecule has 8 heteroatoms. The molecule has 0 saturated carbocycles. The third kappa shape index (κ3) is 3.28. The lowest BCUT2D eigenvalue weighted by molar-refractivity contribution is 0.413. The summed E-state index contributed by atoms with van der Waals surface area (Å²) >= 11 is 0. The number of fused-ring (bicyclic) bond motifs is 2. The number of aromatic nitrogens is 6. The zero-order chi connectivity index (χ0) is 22.4. The van der Waals surface area contributed by atoms with Crippen molar-refractivity contribution in [2.75, 3.05) is 7.11 Å². The summed E-state index contributed by atoms with van der Waals surface area (Å²) in [6.45, 7) is 0. The third-order valence-electron chi connectivity index (χ3n) is 5.60. The van der Waals surface area contributed by atoms with Crippen LogP contribution in [0.3, 0.4) is 0 Å². The van der Waals surface area contributed by atoms with Crippen LogP contribution in [0.15, 0.2) is 73.3 Å². The van der Waals surface area contributed by atoms with Gasteiger partial charge < -0.3 is 9.72 Å². The zero-order valence-electron chi connectivity index (χ0n) is 17.5. The Morgan fingerprint density at radius 1 is 0.848 bits per heavy atom. The predicted molar refractivity (Wildman–Crippen MR) is 124 cm³/mol. The SMILES string of the molecule is COc1cncc(-c2cnc3[nH]nc(-c4cc5c(-c6cccc(F)c6)nccc5[nH]4)c3c2)c1. The lowest BCUT2D eigenvalue weighted by Crippen LogP contribution is -1.87. The first-order chi connectivity index (χ1) is 16.2. The molecule has 5 heterocycles. The van der Waals surface area contributed by atoms with Crippen LogP contribution in [-0.2, 0) is 0 Å². The van der Waals surface area contributed by atoms with E-state index in [0.29, 0.717) is 22.7 Å². The Balaban J connectivity index is 1.49. The summed E-state index contributed by atoms with van der Waals surface area (Å²) in [5.74, 6) is 0.374. The average Bonchev–Trinajstić information content (AvgIpc) is 3.47. The van der Waals surface area contributed by atoms with Crippen molar-refractivity contribution in [3.8, 4) is 39.5 Å². The minimum atomic E-state index is -0.300. The van der Waals surface area contributed by atoms with Gasteiger partial charge in [0, 0.05) is 51.6 Å². The highest BCUT2D eigenvalue weighted by Crippen LogP contribution is 2.34. The number of halogens is 1. The fraction of sp³-hybridized carbons (Fsp3) is 0.0400. The van der Waals surface area contributed by atoms with E-state index >= 15 is 0 Å². The molecule has 0 radical (unpaired) electrons. The molecule has 0 fully saturated rings. The topological polar surface area (TPSA) is 92.4 Å². The Morgan fingerprint density at radius 3 is 2.64 bits per heavy atom. The lowest BCUT2D eigenvalue weighted by atomic mass is 10.1. The summed E-state index contributed by atoms with van der Waals surface area (Å²) in [6.07, 6.45) is 6.91. The smallest absolute Gasteiger partial charge is 0.155 e. The fourth-order valence-electron chi connectivity index (χ4n) is 4.00. The molecule has 0 amide bonds. The van der Waals surface area contributed by atoms with E-state index in [1.165, 1.54) is 12.1 Å². The number of nitrogens with one attached hydrogen (secondary N) is 2. The summed E-state index contributed by atoms with van der Waals surface area (Å²) in [7, 11) is 1.61. The van der Waals surface area contributed by atoms with Gasteiger partial charge in [-0.1, -0.05) is 12.1 Å². The van der Waals surface area contributed by atoms with E-state index in [0.717, 1.165) is 38.8 Å². The standard InChI is InChI=1S/C25H17FN6O/c1-33-18-8-15(11-27-13-18)16-9-20-24(31-32-25(20)29-12-16)22-10-19-21(30-22)5-6-28-23(19)14-3-2-4-17(26)7-14/h2-13,30H,1H3,(H,29,31,32). The Labute approximate surface area is 187 Å². The summed E-state index contributed by atoms with van der Waals surface area (Å²) in [5.41, 5.74) is 6.31. The molecule has 160 valence electrons. The normalized spacial score (nSPS) is 11.3. The molecular formula is C25H17FN6O. The molecule has 0 aliphatic carbocycles. The number of benzene rings is 1. The molecule has 0 saturated heterocycles. The Morgan fingerprint density at radius 2 is 1.76 bits per heavy atom. The second kappa shape index (κ2) is 7.52. The molecule has 6 rings (SSSR count). The van der Waals surface area contributed by atoms with Crippen molar-refractivity contribution in [2.45, 2.75) is 0 Å². The molecule has 0 atom stereocenters. The van der Waals surface area contributed by atoms with Crippen LogP contribution < -0.4 is 4.74 Å². The van der Waals surface area contributed by atoms with Crippen LogP contribution in [-0.4, -0.2) is 37.2 Å². The highest BCUT2D eigenvalue weighted by Gasteiger charge is 2.16. The maximum absolute atomic E-state index is 13.8. The van der Waals surface area contributed by atoms with E-state index < -0.39 is 0 Å². The minimum absolute atomic E-state index is 0.300. The number of methoxy groups -OCH3 is 1. The van der Waals surface area contributed by atoms with Crippen LogP contribution in [0.4, 0.5) is 4.39 Å². The molecule has 5 aromatic heterocycles. The van der Waals surface area contributed by atoms with Gasteiger partial charge in [0.15, 0.2) is 5.65 Å². The van der Waals surface area contributed by atoms with E-state index in [1.807, 2.05) is 30.3 Å². The lowest BCUT2D eigenvalue weighted by Gasteiger charge is -2.04. The number of rotatable bonds is 4. The quantitative estimate of drug-likeness (QED) is 0.387. The van der Waals surface area contributed by atoms with E-state index in [-0.39, 0.29) is 5.82 Å². The number of pyridine rings is 3. The Bertz CT molecular complexity index is 1640. The largest absolute Gasteiger partial charge is 0.495 e. The molecule has 0 bridgehead atoms. The van der Waals surface area contributed by atoms with Gasteiger partial charge >= 0.3 is 0 Å². The number of H-pyrrole nitrogens is 2. The fourth-order valence-corrected chi connectivity index (χ4v) is 4.00. The highest BCUT2D eigenvalue weighted by atomic mass is 19.1. The summed E-state index contributed by atoms with van der Waals surface area (Å²) in [5, 5.41) is 9.25. The van der Waals surface area contributed by atoms with Crippen LogP contribution in [0.1, 0.15) is 0 Å². The first-order valence-electron chi connectivity index (χ1n) is 10.3. The molecule has 2 N–H and O–H groups in total. The molecule has 33 heavy (non-hydrogen) atoms. The first kappa shape index (κ1) is 19.1. The van der Waals surface area contributed by atoms with Gasteiger partial charge in [-0.2, -0.15) is 5.10 Å². The van der Waals surface area contributed by atoms with Crippen LogP contribution in [0.25, 0.3) is 55.7 Å². The van der Waals surface area contributed by atoms with Gasteiger partial charge in [-0.25, -0.2) is 9.37 Å². The van der Waals surface area contributed by atoms with Gasteiger partial charge in [0.1, 0.15) is 17.3 Å². The van der Waals surface area contributed by atoms with Crippen LogP contribution in [0.5, 0.6) is 5.75 Å². The minimum Gasteiger partial charge on any atom is -0.495 e. The Kier molecular flexibility index (Phi) is 4.36. The predicted octanol–water partition coefficient (Wildman–Crippen LogP) is 5.38. The maximum atomic E-state index is 13.8. The van der Waals surface area contributed by atoms with E-state index in [1.54, 1.807) is 38.0 Å². The van der Waals surface area contributed by atoms with Gasteiger partial charge in [0.25, 0.3) is 0 Å². The van der Waals surface area contributed by atoms with Crippen molar-refractivity contribution in [3.63, 3.8) is 0 Å². The van der Waals surface area contributed by atoms with Crippen molar-refractivity contribution in [3.05, 3.63) is 79.1 Å². The summed E-state index contributed by atoms with van der Waals surface area (Å²) in [6, 6.07) is 14.2. The second-order valence-electron chi connectivity index (χ2n) is 7.62. The van der Waals surface area contributed by atoms with Gasteiger partial charge in [0.05, 0.1) is 24.7 Å². The van der Waals surface area contributed by atoms with Crippen molar-refractivity contribution >= 4 is 21.9 Å². The first-order valence-corrected chi connectivity index (χ1v) is 10.3. The number of nitrogens with zero attached hydrogens (tertiary/aromatic N) is 4. The van der Waals surface area contributed by atoms with Crippen LogP contribution in [0, 0.1) is 5.82 Å². The van der Waals surface area contributed by atoms with Crippen molar-refractivity contribution < 1.29 is 9.13 Å². The number of aromatic amines is 2. The summed E-state index contributed by atoms with van der Waals surface area (Å²) in [4.78, 5) is 16.7. The summed E-state index contributed by atoms with van der Waals surface area (Å²) < 4.78 is 19.1. The van der Waals surface area contributed by atoms with Gasteiger partial charge in [-0.15, -0.1) is 0 Å². The second-order valence-corrected chi connectivity index (χ2v) is 7.62. The third-order valence-corrected chi connectivity index (χ3v) is 5.60. The average molecular weight is 436 g/mol. The van der Waals surface area contributed by atoms with E-state index in [9.17, 15) is 4.39 Å². The number of hydrogen-bond acceptors (Lipinski definition) is 5. The molecule has 6 aromatic rings. The van der Waals surface area contributed by atoms with Crippen molar-refractivity contribution in [2.24, 2.45) is 0 Å². The molecule has 0 aliphatic rings. The van der Waals surface area contributed by atoms with Gasteiger partial charge in [-0.05, 0) is 36.4 Å². The zero-order valence-corrected chi connectivity index (χ0v) is 17.5. The number of hydrogen-bond donors (Lipinski definition) is 2. The molecule has 7 nitrogen and oxygen atoms in total. The number of ether oxygens (including phenoxy) is 1. The molecular weight excluding hydrogens is 419 g/mol. The Hall–Kier alpha value is -4.59.